The van der Waals surface area contributed by atoms with Crippen molar-refractivity contribution in [2.24, 2.45) is 0 Å². The van der Waals surface area contributed by atoms with E-state index < -0.39 is 0 Å². The Balaban J connectivity index is 1.33. The topological polar surface area (TPSA) is 9.72 Å². The molecule has 0 aromatic heterocycles. The molecule has 0 bridgehead atoms. The lowest BCUT2D eigenvalue weighted by molar-refractivity contribution is 0.866. The lowest BCUT2D eigenvalue weighted by Gasteiger charge is -2.26. The molecule has 0 saturated heterocycles. The summed E-state index contributed by atoms with van der Waals surface area (Å²) < 4.78 is 0. The van der Waals surface area contributed by atoms with Crippen LogP contribution < -0.4 is 14.7 Å². The van der Waals surface area contributed by atoms with Gasteiger partial charge < -0.3 is 14.7 Å². The number of anilines is 5. The van der Waals surface area contributed by atoms with Gasteiger partial charge in [0.15, 0.2) is 0 Å². The largest absolute Gasteiger partial charge is 0.372 e. The Kier molecular flexibility index (Phi) is 11.1. The summed E-state index contributed by atoms with van der Waals surface area (Å²) in [4.78, 5) is 7.05. The first kappa shape index (κ1) is 32.4. The van der Waals surface area contributed by atoms with E-state index in [2.05, 4.69) is 195 Å². The molecule has 3 nitrogen and oxygen atoms in total. The third kappa shape index (κ3) is 8.17. The van der Waals surface area contributed by atoms with Crippen LogP contribution in [0.1, 0.15) is 55.5 Å². The first-order valence-corrected chi connectivity index (χ1v) is 16.6. The lowest BCUT2D eigenvalue weighted by Crippen LogP contribution is -2.21. The molecule has 0 atom stereocenters. The van der Waals surface area contributed by atoms with E-state index in [-0.39, 0.29) is 0 Å². The standard InChI is InChI=1S/C43H47N3/c1-6-44(7-2)39-26-16-35(17-27-39)12-14-37-20-30-42(31-21-37)46(41-24-10-34(5)11-25-41)43-32-22-38(23-33-43)15-13-36-18-28-40(29-19-36)45(8-3)9-4/h10-33H,6-9H2,1-5H3. The van der Waals surface area contributed by atoms with Crippen LogP contribution >= 0.6 is 0 Å². The monoisotopic (exact) mass is 605 g/mol. The van der Waals surface area contributed by atoms with Crippen molar-refractivity contribution in [1.82, 2.24) is 0 Å². The average Bonchev–Trinajstić information content (AvgIpc) is 3.10. The molecule has 0 saturated carbocycles. The maximum absolute atomic E-state index is 2.36. The van der Waals surface area contributed by atoms with Gasteiger partial charge in [0.1, 0.15) is 0 Å². The summed E-state index contributed by atoms with van der Waals surface area (Å²) in [6.45, 7) is 15.0. The molecule has 0 radical (unpaired) electrons. The highest BCUT2D eigenvalue weighted by atomic mass is 15.1. The van der Waals surface area contributed by atoms with E-state index in [4.69, 9.17) is 0 Å². The van der Waals surface area contributed by atoms with Crippen molar-refractivity contribution in [2.75, 3.05) is 40.9 Å². The molecule has 5 aromatic carbocycles. The van der Waals surface area contributed by atoms with Crippen LogP contribution in [0.15, 0.2) is 121 Å². The van der Waals surface area contributed by atoms with Gasteiger partial charge in [-0.25, -0.2) is 0 Å². The first-order chi connectivity index (χ1) is 22.5. The van der Waals surface area contributed by atoms with E-state index in [0.717, 1.165) is 43.2 Å². The second-order valence-electron chi connectivity index (χ2n) is 11.5. The first-order valence-electron chi connectivity index (χ1n) is 16.6. The van der Waals surface area contributed by atoms with Crippen molar-refractivity contribution in [3.63, 3.8) is 0 Å². The number of aryl methyl sites for hydroxylation is 1. The highest BCUT2D eigenvalue weighted by Crippen LogP contribution is 2.35. The van der Waals surface area contributed by atoms with Gasteiger partial charge in [0.05, 0.1) is 0 Å². The van der Waals surface area contributed by atoms with Gasteiger partial charge in [0.2, 0.25) is 0 Å². The van der Waals surface area contributed by atoms with E-state index in [1.54, 1.807) is 0 Å². The number of benzene rings is 5. The fourth-order valence-electron chi connectivity index (χ4n) is 5.76. The van der Waals surface area contributed by atoms with Crippen molar-refractivity contribution < 1.29 is 0 Å². The van der Waals surface area contributed by atoms with Gasteiger partial charge in [-0.15, -0.1) is 0 Å². The molecule has 0 heterocycles. The zero-order valence-electron chi connectivity index (χ0n) is 28.0. The minimum atomic E-state index is 1.02. The molecule has 0 aliphatic heterocycles. The van der Waals surface area contributed by atoms with Gasteiger partial charge in [-0.05, 0) is 118 Å². The molecule has 5 aromatic rings. The van der Waals surface area contributed by atoms with Crippen molar-refractivity contribution in [3.05, 3.63) is 149 Å². The van der Waals surface area contributed by atoms with E-state index in [1.807, 2.05) is 0 Å². The Morgan fingerprint density at radius 1 is 0.348 bits per heavy atom. The van der Waals surface area contributed by atoms with Crippen LogP contribution in [0.3, 0.4) is 0 Å². The fourth-order valence-corrected chi connectivity index (χ4v) is 5.76. The van der Waals surface area contributed by atoms with Gasteiger partial charge in [-0.3, -0.25) is 0 Å². The van der Waals surface area contributed by atoms with Crippen LogP contribution in [-0.2, 0) is 0 Å². The molecule has 5 rings (SSSR count). The lowest BCUT2D eigenvalue weighted by atomic mass is 10.1. The third-order valence-electron chi connectivity index (χ3n) is 8.57. The number of nitrogens with zero attached hydrogens (tertiary/aromatic N) is 3. The van der Waals surface area contributed by atoms with Crippen LogP contribution in [-0.4, -0.2) is 26.2 Å². The van der Waals surface area contributed by atoms with Gasteiger partial charge in [-0.2, -0.15) is 0 Å². The molecule has 0 aliphatic rings. The number of rotatable bonds is 13. The molecular formula is C43H47N3. The van der Waals surface area contributed by atoms with E-state index in [9.17, 15) is 0 Å². The predicted molar refractivity (Wildman–Crippen MR) is 204 cm³/mol. The summed E-state index contributed by atoms with van der Waals surface area (Å²) in [6, 6.07) is 44.0. The molecule has 0 fully saturated rings. The molecule has 0 spiro atoms. The SMILES string of the molecule is CCN(CC)c1ccc(C=Cc2ccc(N(c3ccc(C)cc3)c3ccc(C=Cc4ccc(N(CC)CC)cc4)cc3)cc2)cc1. The summed E-state index contributed by atoms with van der Waals surface area (Å²) in [5.74, 6) is 0. The highest BCUT2D eigenvalue weighted by Gasteiger charge is 2.12. The van der Waals surface area contributed by atoms with Crippen LogP contribution in [0, 0.1) is 6.92 Å². The second-order valence-corrected chi connectivity index (χ2v) is 11.5. The van der Waals surface area contributed by atoms with E-state index >= 15 is 0 Å². The molecule has 0 N–H and O–H groups in total. The van der Waals surface area contributed by atoms with Crippen LogP contribution in [0.25, 0.3) is 24.3 Å². The van der Waals surface area contributed by atoms with E-state index in [0.29, 0.717) is 0 Å². The zero-order chi connectivity index (χ0) is 32.3. The zero-order valence-corrected chi connectivity index (χ0v) is 28.0. The van der Waals surface area contributed by atoms with E-state index in [1.165, 1.54) is 39.2 Å². The highest BCUT2D eigenvalue weighted by molar-refractivity contribution is 5.79. The average molecular weight is 606 g/mol. The molecule has 0 unspecified atom stereocenters. The Hall–Kier alpha value is -5.02. The summed E-state index contributed by atoms with van der Waals surface area (Å²) in [6.07, 6.45) is 8.74. The smallest absolute Gasteiger partial charge is 0.0462 e. The van der Waals surface area contributed by atoms with Gasteiger partial charge in [-0.1, -0.05) is 90.5 Å². The number of hydrogen-bond donors (Lipinski definition) is 0. The molecule has 46 heavy (non-hydrogen) atoms. The minimum Gasteiger partial charge on any atom is -0.372 e. The number of hydrogen-bond acceptors (Lipinski definition) is 3. The Morgan fingerprint density at radius 3 is 0.848 bits per heavy atom. The van der Waals surface area contributed by atoms with Crippen molar-refractivity contribution in [2.45, 2.75) is 34.6 Å². The van der Waals surface area contributed by atoms with Crippen molar-refractivity contribution >= 4 is 52.7 Å². The minimum absolute atomic E-state index is 1.02. The normalized spacial score (nSPS) is 11.3. The fraction of sp³-hybridized carbons (Fsp3) is 0.209. The van der Waals surface area contributed by atoms with Crippen LogP contribution in [0.4, 0.5) is 28.4 Å². The molecule has 3 heteroatoms. The van der Waals surface area contributed by atoms with Crippen molar-refractivity contribution in [1.29, 1.82) is 0 Å². The summed E-state index contributed by atoms with van der Waals surface area (Å²) in [5.41, 5.74) is 11.9. The Morgan fingerprint density at radius 2 is 0.587 bits per heavy atom. The maximum Gasteiger partial charge on any atom is 0.0462 e. The second kappa shape index (κ2) is 15.8. The van der Waals surface area contributed by atoms with Crippen molar-refractivity contribution in [3.8, 4) is 0 Å². The Bertz CT molecular complexity index is 1580. The maximum atomic E-state index is 2.36. The van der Waals surface area contributed by atoms with Gasteiger partial charge in [0.25, 0.3) is 0 Å². The van der Waals surface area contributed by atoms with Crippen LogP contribution in [0.5, 0.6) is 0 Å². The summed E-state index contributed by atoms with van der Waals surface area (Å²) in [5, 5.41) is 0. The molecule has 0 amide bonds. The van der Waals surface area contributed by atoms with Gasteiger partial charge >= 0.3 is 0 Å². The summed E-state index contributed by atoms with van der Waals surface area (Å²) in [7, 11) is 0. The molecule has 234 valence electrons. The Labute approximate surface area is 276 Å². The molecule has 0 aliphatic carbocycles. The van der Waals surface area contributed by atoms with Gasteiger partial charge in [0, 0.05) is 54.6 Å². The quantitative estimate of drug-likeness (QED) is 0.124. The third-order valence-corrected chi connectivity index (χ3v) is 8.57. The molecular weight excluding hydrogens is 558 g/mol. The predicted octanol–water partition coefficient (Wildman–Crippen LogP) is 11.5. The summed E-state index contributed by atoms with van der Waals surface area (Å²) >= 11 is 0. The van der Waals surface area contributed by atoms with Crippen LogP contribution in [0.2, 0.25) is 0 Å².